The quantitative estimate of drug-likeness (QED) is 0.277. The average Bonchev–Trinajstić information content (AvgIpc) is 2.99. The molecule has 1 aliphatic heterocycles. The fraction of sp³-hybridized carbons (Fsp3) is 0.188. The Bertz CT molecular complexity index is 1730. The Morgan fingerprint density at radius 1 is 0.846 bits per heavy atom. The number of aromatic nitrogens is 2. The van der Waals surface area contributed by atoms with Crippen LogP contribution in [0.4, 0.5) is 0 Å². The van der Waals surface area contributed by atoms with E-state index >= 15 is 0 Å². The molecule has 196 valence electrons. The fourth-order valence-corrected chi connectivity index (χ4v) is 5.34. The van der Waals surface area contributed by atoms with E-state index in [1.54, 1.807) is 27.7 Å². The van der Waals surface area contributed by atoms with Crippen molar-refractivity contribution in [2.75, 3.05) is 21.3 Å². The molecule has 0 spiro atoms. The largest absolute Gasteiger partial charge is 0.497 e. The smallest absolute Gasteiger partial charge is 0.228 e. The van der Waals surface area contributed by atoms with Crippen LogP contribution in [0.5, 0.6) is 28.9 Å². The number of fused-ring (bicyclic) bond motifs is 4. The van der Waals surface area contributed by atoms with E-state index in [0.717, 1.165) is 44.5 Å². The van der Waals surface area contributed by atoms with Crippen LogP contribution in [-0.4, -0.2) is 30.9 Å². The van der Waals surface area contributed by atoms with Crippen molar-refractivity contribution in [2.45, 2.75) is 18.9 Å². The van der Waals surface area contributed by atoms with Gasteiger partial charge >= 0.3 is 0 Å². The number of methoxy groups -OCH3 is 3. The number of benzene rings is 4. The van der Waals surface area contributed by atoms with Crippen LogP contribution in [0.25, 0.3) is 10.8 Å². The van der Waals surface area contributed by atoms with E-state index < -0.39 is 0 Å². The van der Waals surface area contributed by atoms with Crippen LogP contribution in [0.3, 0.4) is 0 Å². The molecule has 7 nitrogen and oxygen atoms in total. The van der Waals surface area contributed by atoms with Gasteiger partial charge in [-0.05, 0) is 58.7 Å². The molecular formula is C32H29N3O4. The van der Waals surface area contributed by atoms with Crippen LogP contribution >= 0.6 is 0 Å². The van der Waals surface area contributed by atoms with Gasteiger partial charge in [0.2, 0.25) is 5.88 Å². The third kappa shape index (κ3) is 4.36. The molecule has 4 aromatic carbocycles. The zero-order valence-electron chi connectivity index (χ0n) is 22.1. The Hall–Kier alpha value is -4.78. The van der Waals surface area contributed by atoms with E-state index in [1.807, 2.05) is 53.1 Å². The number of aryl methyl sites for hydroxylation is 2. The number of hydrogen-bond donors (Lipinski definition) is 1. The van der Waals surface area contributed by atoms with E-state index in [9.17, 15) is 5.41 Å². The van der Waals surface area contributed by atoms with Crippen molar-refractivity contribution in [2.24, 2.45) is 0 Å². The number of nitrogens with zero attached hydrogens (tertiary/aromatic N) is 2. The standard InChI is InChI=1S/C32H29N3O4/c1-36-23-12-9-22(10-13-23)28-29-24-7-5-4-6-21(24)11-15-26(29)39-32-30(28)31(33)35(19-34-32)17-16-20-8-14-25(37-2)27(18-20)38-3/h4-15,18-19,28,33H,16-17H2,1-3H3/t28-/m0/s1. The van der Waals surface area contributed by atoms with Crippen LogP contribution in [0, 0.1) is 5.41 Å². The lowest BCUT2D eigenvalue weighted by Crippen LogP contribution is -2.30. The van der Waals surface area contributed by atoms with E-state index in [1.165, 1.54) is 0 Å². The van der Waals surface area contributed by atoms with Crippen molar-refractivity contribution in [3.63, 3.8) is 0 Å². The van der Waals surface area contributed by atoms with Crippen LogP contribution < -0.4 is 24.4 Å². The molecule has 0 unspecified atom stereocenters. The summed E-state index contributed by atoms with van der Waals surface area (Å²) in [6.07, 6.45) is 2.39. The van der Waals surface area contributed by atoms with Gasteiger partial charge in [-0.2, -0.15) is 0 Å². The minimum absolute atomic E-state index is 0.228. The molecule has 1 aromatic heterocycles. The maximum absolute atomic E-state index is 9.31. The maximum atomic E-state index is 9.31. The second kappa shape index (κ2) is 10.2. The van der Waals surface area contributed by atoms with Gasteiger partial charge in [-0.3, -0.25) is 5.41 Å². The first kappa shape index (κ1) is 24.6. The van der Waals surface area contributed by atoms with Crippen LogP contribution in [0.1, 0.15) is 28.2 Å². The molecule has 6 rings (SSSR count). The van der Waals surface area contributed by atoms with Gasteiger partial charge in [0.1, 0.15) is 23.3 Å². The van der Waals surface area contributed by atoms with Gasteiger partial charge in [-0.15, -0.1) is 0 Å². The normalized spacial score (nSPS) is 13.8. The number of rotatable bonds is 7. The first-order valence-corrected chi connectivity index (χ1v) is 12.8. The van der Waals surface area contributed by atoms with Gasteiger partial charge in [-0.25, -0.2) is 4.98 Å². The van der Waals surface area contributed by atoms with Crippen molar-refractivity contribution >= 4 is 10.8 Å². The first-order chi connectivity index (χ1) is 19.1. The van der Waals surface area contributed by atoms with Crippen molar-refractivity contribution < 1.29 is 18.9 Å². The molecule has 0 aliphatic carbocycles. The summed E-state index contributed by atoms with van der Waals surface area (Å²) < 4.78 is 24.5. The lowest BCUT2D eigenvalue weighted by atomic mass is 9.81. The Kier molecular flexibility index (Phi) is 6.40. The van der Waals surface area contributed by atoms with E-state index in [2.05, 4.69) is 30.3 Å². The molecule has 2 heterocycles. The molecule has 1 atom stereocenters. The first-order valence-electron chi connectivity index (χ1n) is 12.8. The second-order valence-electron chi connectivity index (χ2n) is 9.45. The molecule has 0 saturated heterocycles. The van der Waals surface area contributed by atoms with E-state index in [-0.39, 0.29) is 5.92 Å². The SMILES string of the molecule is COc1ccc([C@@H]2c3c(ncn(CCc4ccc(OC)c(OC)c4)c3=N)Oc3ccc4ccccc4c32)cc1. The Morgan fingerprint density at radius 2 is 1.64 bits per heavy atom. The molecule has 0 amide bonds. The monoisotopic (exact) mass is 519 g/mol. The van der Waals surface area contributed by atoms with Crippen molar-refractivity contribution in [1.82, 2.24) is 9.55 Å². The molecule has 5 aromatic rings. The summed E-state index contributed by atoms with van der Waals surface area (Å²) in [5, 5.41) is 11.5. The molecule has 0 bridgehead atoms. The second-order valence-corrected chi connectivity index (χ2v) is 9.45. The third-order valence-electron chi connectivity index (χ3n) is 7.34. The highest BCUT2D eigenvalue weighted by molar-refractivity contribution is 5.90. The fourth-order valence-electron chi connectivity index (χ4n) is 5.34. The highest BCUT2D eigenvalue weighted by atomic mass is 16.5. The van der Waals surface area contributed by atoms with Crippen LogP contribution in [-0.2, 0) is 13.0 Å². The molecule has 1 aliphatic rings. The van der Waals surface area contributed by atoms with E-state index in [0.29, 0.717) is 35.8 Å². The van der Waals surface area contributed by atoms with Crippen molar-refractivity contribution in [3.05, 3.63) is 113 Å². The molecule has 1 N–H and O–H groups in total. The molecule has 0 saturated carbocycles. The highest BCUT2D eigenvalue weighted by Crippen LogP contribution is 2.48. The zero-order chi connectivity index (χ0) is 26.9. The van der Waals surface area contributed by atoms with Gasteiger partial charge in [0.05, 0.1) is 26.9 Å². The number of hydrogen-bond acceptors (Lipinski definition) is 6. The molecular weight excluding hydrogens is 490 g/mol. The summed E-state index contributed by atoms with van der Waals surface area (Å²) in [5.41, 5.74) is 4.29. The van der Waals surface area contributed by atoms with Crippen molar-refractivity contribution in [3.8, 4) is 28.9 Å². The van der Waals surface area contributed by atoms with Gasteiger partial charge in [-0.1, -0.05) is 48.5 Å². The minimum atomic E-state index is -0.228. The lowest BCUT2D eigenvalue weighted by Gasteiger charge is -2.30. The summed E-state index contributed by atoms with van der Waals surface area (Å²) in [5.74, 6) is 3.16. The van der Waals surface area contributed by atoms with Gasteiger partial charge in [0.25, 0.3) is 0 Å². The van der Waals surface area contributed by atoms with Crippen molar-refractivity contribution in [1.29, 1.82) is 5.41 Å². The summed E-state index contributed by atoms with van der Waals surface area (Å²) in [4.78, 5) is 4.69. The Morgan fingerprint density at radius 3 is 2.41 bits per heavy atom. The van der Waals surface area contributed by atoms with Gasteiger partial charge in [0, 0.05) is 18.0 Å². The Labute approximate surface area is 226 Å². The predicted molar refractivity (Wildman–Crippen MR) is 149 cm³/mol. The third-order valence-corrected chi connectivity index (χ3v) is 7.34. The topological polar surface area (TPSA) is 78.6 Å². The van der Waals surface area contributed by atoms with Gasteiger partial charge in [0.15, 0.2) is 11.5 Å². The lowest BCUT2D eigenvalue weighted by molar-refractivity contribution is 0.354. The molecule has 0 radical (unpaired) electrons. The summed E-state index contributed by atoms with van der Waals surface area (Å²) >= 11 is 0. The predicted octanol–water partition coefficient (Wildman–Crippen LogP) is 6.07. The minimum Gasteiger partial charge on any atom is -0.497 e. The summed E-state index contributed by atoms with van der Waals surface area (Å²) in [6.45, 7) is 0.576. The number of nitrogens with one attached hydrogen (secondary N) is 1. The molecule has 7 heteroatoms. The maximum Gasteiger partial charge on any atom is 0.228 e. The zero-order valence-corrected chi connectivity index (χ0v) is 22.1. The summed E-state index contributed by atoms with van der Waals surface area (Å²) in [6, 6.07) is 26.3. The Balaban J connectivity index is 1.45. The van der Waals surface area contributed by atoms with Gasteiger partial charge < -0.3 is 23.5 Å². The molecule has 0 fully saturated rings. The highest BCUT2D eigenvalue weighted by Gasteiger charge is 2.33. The van der Waals surface area contributed by atoms with Crippen LogP contribution in [0.15, 0.2) is 85.2 Å². The molecule has 39 heavy (non-hydrogen) atoms. The average molecular weight is 520 g/mol. The summed E-state index contributed by atoms with van der Waals surface area (Å²) in [7, 11) is 4.92. The number of ether oxygens (including phenoxy) is 4. The van der Waals surface area contributed by atoms with Crippen LogP contribution in [0.2, 0.25) is 0 Å². The van der Waals surface area contributed by atoms with E-state index in [4.69, 9.17) is 23.9 Å².